The molecule has 1 fully saturated rings. The van der Waals surface area contributed by atoms with Gasteiger partial charge in [-0.15, -0.1) is 0 Å². The number of aliphatic hydroxyl groups is 1. The SMILES string of the molecule is CC(C)C1(C(C)F)CO1.CC(F)C(=O)C(C)Br.CC(F)C(=O)C(C)O[Si](C)(C)C.CC(O)C(=O)C(C)F.CCC(=O)C(C)F. The van der Waals surface area contributed by atoms with Crippen LogP contribution in [0.15, 0.2) is 0 Å². The van der Waals surface area contributed by atoms with Gasteiger partial charge in [-0.2, -0.15) is 0 Å². The van der Waals surface area contributed by atoms with E-state index < -0.39 is 74.3 Å². The lowest BCUT2D eigenvalue weighted by Crippen LogP contribution is -2.37. The van der Waals surface area contributed by atoms with E-state index in [1.807, 2.05) is 33.5 Å². The van der Waals surface area contributed by atoms with E-state index >= 15 is 0 Å². The van der Waals surface area contributed by atoms with Gasteiger partial charge in [-0.1, -0.05) is 36.7 Å². The first-order valence-corrected chi connectivity index (χ1v) is 18.9. The summed E-state index contributed by atoms with van der Waals surface area (Å²) in [5.74, 6) is -1.63. The van der Waals surface area contributed by atoms with Crippen molar-refractivity contribution in [2.75, 3.05) is 6.61 Å². The fourth-order valence-corrected chi connectivity index (χ4v) is 4.49. The summed E-state index contributed by atoms with van der Waals surface area (Å²) in [5, 5.41) is 8.40. The predicted octanol–water partition coefficient (Wildman–Crippen LogP) is 7.24. The third kappa shape index (κ3) is 25.1. The molecule has 1 N–H and O–H groups in total. The lowest BCUT2D eigenvalue weighted by molar-refractivity contribution is -0.130. The van der Waals surface area contributed by atoms with E-state index in [0.717, 1.165) is 6.92 Å². The van der Waals surface area contributed by atoms with Gasteiger partial charge in [0.2, 0.25) is 0 Å². The van der Waals surface area contributed by atoms with Gasteiger partial charge < -0.3 is 14.3 Å². The average molecular weight is 732 g/mol. The molecular formula is C30H56BrF5O7Si. The summed E-state index contributed by atoms with van der Waals surface area (Å²) < 4.78 is 71.2. The molecule has 0 bridgehead atoms. The van der Waals surface area contributed by atoms with Crippen molar-refractivity contribution in [1.82, 2.24) is 0 Å². The zero-order chi connectivity index (χ0) is 36.3. The van der Waals surface area contributed by atoms with Crippen LogP contribution in [0.25, 0.3) is 0 Å². The molecule has 0 spiro atoms. The molecule has 0 radical (unpaired) electrons. The summed E-state index contributed by atoms with van der Waals surface area (Å²) in [6, 6.07) is 0. The number of aliphatic hydroxyl groups excluding tert-OH is 1. The fourth-order valence-electron chi connectivity index (χ4n) is 2.95. The Morgan fingerprint density at radius 3 is 1.20 bits per heavy atom. The summed E-state index contributed by atoms with van der Waals surface area (Å²) in [6.45, 7) is 23.0. The smallest absolute Gasteiger partial charge is 0.194 e. The van der Waals surface area contributed by atoms with E-state index in [4.69, 9.17) is 14.3 Å². The fraction of sp³-hybridized carbons (Fsp3) is 0.867. The van der Waals surface area contributed by atoms with Gasteiger partial charge in [0.25, 0.3) is 0 Å². The van der Waals surface area contributed by atoms with Gasteiger partial charge >= 0.3 is 0 Å². The number of rotatable bonds is 12. The highest BCUT2D eigenvalue weighted by Gasteiger charge is 2.52. The van der Waals surface area contributed by atoms with Crippen LogP contribution in [0.2, 0.25) is 19.6 Å². The van der Waals surface area contributed by atoms with E-state index in [-0.39, 0.29) is 10.6 Å². The van der Waals surface area contributed by atoms with E-state index in [0.29, 0.717) is 18.9 Å². The molecule has 0 aromatic carbocycles. The number of hydrogen-bond acceptors (Lipinski definition) is 7. The first-order chi connectivity index (χ1) is 19.6. The van der Waals surface area contributed by atoms with Crippen LogP contribution in [0.4, 0.5) is 22.0 Å². The minimum atomic E-state index is -1.72. The van der Waals surface area contributed by atoms with Gasteiger partial charge in [0.1, 0.15) is 24.0 Å². The lowest BCUT2D eigenvalue weighted by Gasteiger charge is -2.22. The normalized spacial score (nSPS) is 20.8. The molecule has 7 nitrogen and oxygen atoms in total. The molecule has 1 heterocycles. The summed E-state index contributed by atoms with van der Waals surface area (Å²) in [4.78, 5) is 41.5. The van der Waals surface area contributed by atoms with Crippen LogP contribution in [0.1, 0.15) is 82.6 Å². The largest absolute Gasteiger partial charge is 0.408 e. The highest BCUT2D eigenvalue weighted by molar-refractivity contribution is 9.10. The van der Waals surface area contributed by atoms with E-state index in [1.165, 1.54) is 27.7 Å². The third-order valence-electron chi connectivity index (χ3n) is 5.83. The minimum absolute atomic E-state index is 0.303. The maximum absolute atomic E-state index is 12.7. The second-order valence-corrected chi connectivity index (χ2v) is 17.5. The molecular weight excluding hydrogens is 675 g/mol. The van der Waals surface area contributed by atoms with Crippen molar-refractivity contribution >= 4 is 47.4 Å². The maximum Gasteiger partial charge on any atom is 0.194 e. The third-order valence-corrected chi connectivity index (χ3v) is 7.34. The zero-order valence-corrected chi connectivity index (χ0v) is 31.4. The summed E-state index contributed by atoms with van der Waals surface area (Å²) >= 11 is 2.95. The molecule has 0 saturated carbocycles. The second kappa shape index (κ2) is 24.1. The Hall–Kier alpha value is -1.09. The first kappa shape index (κ1) is 49.8. The zero-order valence-electron chi connectivity index (χ0n) is 28.8. The molecule has 9 atom stereocenters. The Morgan fingerprint density at radius 2 is 1.14 bits per heavy atom. The molecule has 14 heteroatoms. The average Bonchev–Trinajstić information content (AvgIpc) is 3.69. The molecule has 0 amide bonds. The highest BCUT2D eigenvalue weighted by atomic mass is 79.9. The van der Waals surface area contributed by atoms with Gasteiger partial charge in [0, 0.05) is 6.42 Å². The number of ether oxygens (including phenoxy) is 1. The van der Waals surface area contributed by atoms with Gasteiger partial charge in [-0.25, -0.2) is 22.0 Å². The number of halogens is 6. The standard InChI is InChI=1S/C8H17FO2Si.C7H13FO.C5H8BrFO.C5H9FO2.C5H9FO/c1-6(9)8(10)7(2)11-12(3,4)5;1-5(2)7(4-9-7)6(3)8;2*1-3(6)5(8)4(2)7;1-3-5(7)4(2)6/h6-7H,1-5H3;5-6H,4H2,1-3H3;3-4H,1-2H3;3-4,7H,1-2H3;4H,3H2,1-2H3. The van der Waals surface area contributed by atoms with Gasteiger partial charge in [-0.3, -0.25) is 19.2 Å². The molecule has 1 rings (SSSR count). The van der Waals surface area contributed by atoms with Gasteiger partial charge in [0.15, 0.2) is 56.1 Å². The number of carbonyl (C=O) groups excluding carboxylic acids is 4. The molecule has 0 aromatic rings. The molecule has 1 aliphatic rings. The second-order valence-electron chi connectivity index (χ2n) is 11.7. The van der Waals surface area contributed by atoms with Crippen molar-refractivity contribution in [2.24, 2.45) is 5.92 Å². The van der Waals surface area contributed by atoms with Crippen LogP contribution in [0.3, 0.4) is 0 Å². The van der Waals surface area contributed by atoms with Crippen molar-refractivity contribution in [3.8, 4) is 0 Å². The van der Waals surface area contributed by atoms with E-state index in [1.54, 1.807) is 27.7 Å². The highest BCUT2D eigenvalue weighted by Crippen LogP contribution is 2.39. The van der Waals surface area contributed by atoms with Crippen LogP contribution >= 0.6 is 15.9 Å². The van der Waals surface area contributed by atoms with Crippen molar-refractivity contribution in [2.45, 2.75) is 156 Å². The monoisotopic (exact) mass is 730 g/mol. The maximum atomic E-state index is 12.7. The molecule has 0 aromatic heterocycles. The Bertz CT molecular complexity index is 773. The molecule has 0 aliphatic carbocycles. The number of alkyl halides is 6. The summed E-state index contributed by atoms with van der Waals surface area (Å²) in [5.41, 5.74) is -0.417. The molecule has 1 aliphatic heterocycles. The summed E-state index contributed by atoms with van der Waals surface area (Å²) in [6.07, 6.45) is -7.87. The van der Waals surface area contributed by atoms with Crippen LogP contribution in [-0.2, 0) is 28.3 Å². The molecule has 1 saturated heterocycles. The number of epoxide rings is 1. The molecule has 264 valence electrons. The Kier molecular flexibility index (Phi) is 27.3. The minimum Gasteiger partial charge on any atom is -0.408 e. The van der Waals surface area contributed by atoms with Crippen molar-refractivity contribution in [3.63, 3.8) is 0 Å². The quantitative estimate of drug-likeness (QED) is 0.0976. The van der Waals surface area contributed by atoms with Gasteiger partial charge in [0.05, 0.1) is 11.4 Å². The lowest BCUT2D eigenvalue weighted by atomic mass is 9.93. The van der Waals surface area contributed by atoms with Crippen molar-refractivity contribution in [3.05, 3.63) is 0 Å². The molecule has 44 heavy (non-hydrogen) atoms. The number of ketones is 4. The number of Topliss-reactive ketones (excluding diaryl/α,β-unsaturated/α-hetero) is 4. The first-order valence-electron chi connectivity index (χ1n) is 14.6. The Balaban J connectivity index is -0.000000230. The number of carbonyl (C=O) groups is 4. The van der Waals surface area contributed by atoms with Crippen molar-refractivity contribution < 1.29 is 55.4 Å². The van der Waals surface area contributed by atoms with Crippen LogP contribution < -0.4 is 0 Å². The molecule has 9 unspecified atom stereocenters. The predicted molar refractivity (Wildman–Crippen MR) is 171 cm³/mol. The van der Waals surface area contributed by atoms with E-state index in [9.17, 15) is 41.1 Å². The summed E-state index contributed by atoms with van der Waals surface area (Å²) in [7, 11) is -1.72. The topological polar surface area (TPSA) is 110 Å². The van der Waals surface area contributed by atoms with Crippen LogP contribution in [0, 0.1) is 5.92 Å². The Morgan fingerprint density at radius 1 is 0.773 bits per heavy atom. The van der Waals surface area contributed by atoms with Crippen LogP contribution in [-0.4, -0.2) is 96.7 Å². The van der Waals surface area contributed by atoms with Crippen molar-refractivity contribution in [1.29, 1.82) is 0 Å². The Labute approximate surface area is 270 Å². The van der Waals surface area contributed by atoms with E-state index in [2.05, 4.69) is 15.9 Å². The van der Waals surface area contributed by atoms with Gasteiger partial charge in [-0.05, 0) is 80.9 Å². The number of hydrogen-bond donors (Lipinski definition) is 1. The van der Waals surface area contributed by atoms with Crippen LogP contribution in [0.5, 0.6) is 0 Å².